The van der Waals surface area contributed by atoms with Crippen LogP contribution in [-0.4, -0.2) is 21.4 Å². The molecule has 0 radical (unpaired) electrons. The Hall–Kier alpha value is -2.43. The van der Waals surface area contributed by atoms with E-state index in [1.165, 1.54) is 6.33 Å². The fraction of sp³-hybridized carbons (Fsp3) is 0.312. The largest absolute Gasteiger partial charge is 0.346 e. The number of hydrogen-bond donors (Lipinski definition) is 2. The highest BCUT2D eigenvalue weighted by Crippen LogP contribution is 2.16. The Labute approximate surface area is 124 Å². The van der Waals surface area contributed by atoms with Crippen LogP contribution < -0.4 is 10.6 Å². The smallest absolute Gasteiger partial charge is 0.270 e. The van der Waals surface area contributed by atoms with Crippen LogP contribution in [0.15, 0.2) is 36.7 Å². The van der Waals surface area contributed by atoms with E-state index in [-0.39, 0.29) is 11.4 Å². The van der Waals surface area contributed by atoms with Crippen molar-refractivity contribution in [3.8, 4) is 0 Å². The number of aryl methyl sites for hydroxylation is 1. The number of aromatic nitrogens is 2. The van der Waals surface area contributed by atoms with Gasteiger partial charge in [-0.25, -0.2) is 9.97 Å². The molecule has 1 amide bonds. The van der Waals surface area contributed by atoms with Crippen LogP contribution in [0.2, 0.25) is 0 Å². The Kier molecular flexibility index (Phi) is 4.21. The molecular formula is C16H20N4O. The fourth-order valence-corrected chi connectivity index (χ4v) is 1.83. The van der Waals surface area contributed by atoms with E-state index in [4.69, 9.17) is 0 Å². The normalized spacial score (nSPS) is 11.0. The van der Waals surface area contributed by atoms with Crippen molar-refractivity contribution in [2.24, 2.45) is 0 Å². The molecule has 0 aliphatic heterocycles. The Morgan fingerprint density at radius 2 is 1.90 bits per heavy atom. The van der Waals surface area contributed by atoms with Crippen molar-refractivity contribution >= 4 is 17.4 Å². The van der Waals surface area contributed by atoms with Gasteiger partial charge in [0.1, 0.15) is 17.8 Å². The van der Waals surface area contributed by atoms with Crippen LogP contribution in [0.3, 0.4) is 0 Å². The first-order chi connectivity index (χ1) is 9.83. The Morgan fingerprint density at radius 3 is 2.57 bits per heavy atom. The number of nitrogens with one attached hydrogen (secondary N) is 2. The number of benzene rings is 1. The minimum atomic E-state index is -0.299. The first-order valence-electron chi connectivity index (χ1n) is 6.82. The Bertz CT molecular complexity index is 647. The fourth-order valence-electron chi connectivity index (χ4n) is 1.83. The highest BCUT2D eigenvalue weighted by atomic mass is 16.2. The first kappa shape index (κ1) is 15.0. The van der Waals surface area contributed by atoms with E-state index in [0.717, 1.165) is 11.3 Å². The molecule has 2 N–H and O–H groups in total. The molecule has 0 aliphatic rings. The second-order valence-electron chi connectivity index (χ2n) is 5.99. The molecule has 1 heterocycles. The van der Waals surface area contributed by atoms with Gasteiger partial charge in [-0.05, 0) is 45.4 Å². The monoisotopic (exact) mass is 284 g/mol. The second kappa shape index (κ2) is 5.91. The summed E-state index contributed by atoms with van der Waals surface area (Å²) in [6, 6.07) is 9.59. The zero-order valence-electron chi connectivity index (χ0n) is 12.8. The zero-order valence-corrected chi connectivity index (χ0v) is 12.8. The number of hydrogen-bond acceptors (Lipinski definition) is 4. The van der Waals surface area contributed by atoms with Crippen LogP contribution in [0.4, 0.5) is 11.5 Å². The van der Waals surface area contributed by atoms with Crippen molar-refractivity contribution in [2.45, 2.75) is 33.2 Å². The number of nitrogens with zero attached hydrogens (tertiary/aromatic N) is 2. The lowest BCUT2D eigenvalue weighted by Gasteiger charge is -2.20. The van der Waals surface area contributed by atoms with Gasteiger partial charge in [0.25, 0.3) is 5.91 Å². The van der Waals surface area contributed by atoms with Gasteiger partial charge >= 0.3 is 0 Å². The molecule has 5 nitrogen and oxygen atoms in total. The summed E-state index contributed by atoms with van der Waals surface area (Å²) in [6.45, 7) is 7.81. The summed E-state index contributed by atoms with van der Waals surface area (Å²) in [5, 5.41) is 6.05. The van der Waals surface area contributed by atoms with Gasteiger partial charge in [-0.1, -0.05) is 12.1 Å². The average Bonchev–Trinajstić information content (AvgIpc) is 2.37. The van der Waals surface area contributed by atoms with E-state index < -0.39 is 0 Å². The molecule has 2 rings (SSSR count). The van der Waals surface area contributed by atoms with Crippen molar-refractivity contribution in [2.75, 3.05) is 5.32 Å². The molecule has 0 saturated carbocycles. The molecule has 2 aromatic rings. The van der Waals surface area contributed by atoms with Gasteiger partial charge in [0.15, 0.2) is 0 Å². The van der Waals surface area contributed by atoms with Gasteiger partial charge in [0.2, 0.25) is 0 Å². The molecule has 5 heteroatoms. The van der Waals surface area contributed by atoms with Crippen molar-refractivity contribution in [1.82, 2.24) is 15.3 Å². The minimum absolute atomic E-state index is 0.211. The van der Waals surface area contributed by atoms with Gasteiger partial charge in [0, 0.05) is 17.3 Å². The molecule has 0 saturated heterocycles. The van der Waals surface area contributed by atoms with E-state index in [1.807, 2.05) is 52.0 Å². The molecule has 110 valence electrons. The van der Waals surface area contributed by atoms with E-state index in [9.17, 15) is 4.79 Å². The summed E-state index contributed by atoms with van der Waals surface area (Å²) in [6.07, 6.45) is 1.38. The molecule has 21 heavy (non-hydrogen) atoms. The quantitative estimate of drug-likeness (QED) is 0.909. The number of rotatable bonds is 3. The number of carbonyl (C=O) groups excluding carboxylic acids is 1. The molecule has 0 bridgehead atoms. The predicted molar refractivity (Wildman–Crippen MR) is 83.7 cm³/mol. The summed E-state index contributed by atoms with van der Waals surface area (Å²) >= 11 is 0. The summed E-state index contributed by atoms with van der Waals surface area (Å²) < 4.78 is 0. The molecule has 1 aromatic carbocycles. The maximum Gasteiger partial charge on any atom is 0.270 e. The summed E-state index contributed by atoms with van der Waals surface area (Å²) in [4.78, 5) is 20.3. The lowest BCUT2D eigenvalue weighted by Crippen LogP contribution is -2.40. The SMILES string of the molecule is Cc1cccc(Nc2cc(C(=O)NC(C)(C)C)ncn2)c1. The van der Waals surface area contributed by atoms with Crippen LogP contribution in [-0.2, 0) is 0 Å². The van der Waals surface area contributed by atoms with E-state index in [2.05, 4.69) is 20.6 Å². The third kappa shape index (κ3) is 4.56. The molecule has 0 spiro atoms. The van der Waals surface area contributed by atoms with Crippen molar-refractivity contribution in [1.29, 1.82) is 0 Å². The molecule has 0 unspecified atom stereocenters. The lowest BCUT2D eigenvalue weighted by molar-refractivity contribution is 0.0914. The second-order valence-corrected chi connectivity index (χ2v) is 5.99. The maximum atomic E-state index is 12.1. The Balaban J connectivity index is 2.16. The first-order valence-corrected chi connectivity index (χ1v) is 6.82. The standard InChI is InChI=1S/C16H20N4O/c1-11-6-5-7-12(8-11)19-14-9-13(17-10-18-14)15(21)20-16(2,3)4/h5-10H,1-4H3,(H,20,21)(H,17,18,19). The van der Waals surface area contributed by atoms with E-state index in [0.29, 0.717) is 11.5 Å². The van der Waals surface area contributed by atoms with Gasteiger partial charge in [-0.15, -0.1) is 0 Å². The third-order valence-electron chi connectivity index (χ3n) is 2.68. The number of carbonyl (C=O) groups is 1. The van der Waals surface area contributed by atoms with Crippen molar-refractivity contribution in [3.05, 3.63) is 47.9 Å². The third-order valence-corrected chi connectivity index (χ3v) is 2.68. The van der Waals surface area contributed by atoms with Crippen molar-refractivity contribution < 1.29 is 4.79 Å². The minimum Gasteiger partial charge on any atom is -0.346 e. The highest BCUT2D eigenvalue weighted by molar-refractivity contribution is 5.93. The molecule has 1 aromatic heterocycles. The predicted octanol–water partition coefficient (Wildman–Crippen LogP) is 3.06. The van der Waals surface area contributed by atoms with Crippen LogP contribution >= 0.6 is 0 Å². The van der Waals surface area contributed by atoms with Crippen LogP contribution in [0.1, 0.15) is 36.8 Å². The van der Waals surface area contributed by atoms with Crippen LogP contribution in [0.25, 0.3) is 0 Å². The lowest BCUT2D eigenvalue weighted by atomic mass is 10.1. The highest BCUT2D eigenvalue weighted by Gasteiger charge is 2.16. The van der Waals surface area contributed by atoms with Crippen molar-refractivity contribution in [3.63, 3.8) is 0 Å². The number of amides is 1. The topological polar surface area (TPSA) is 66.9 Å². The van der Waals surface area contributed by atoms with Gasteiger partial charge < -0.3 is 10.6 Å². The van der Waals surface area contributed by atoms with Crippen LogP contribution in [0, 0.1) is 6.92 Å². The zero-order chi connectivity index (χ0) is 15.5. The average molecular weight is 284 g/mol. The van der Waals surface area contributed by atoms with Gasteiger partial charge in [-0.3, -0.25) is 4.79 Å². The van der Waals surface area contributed by atoms with Crippen LogP contribution in [0.5, 0.6) is 0 Å². The Morgan fingerprint density at radius 1 is 1.14 bits per heavy atom. The summed E-state index contributed by atoms with van der Waals surface area (Å²) in [5.41, 5.74) is 2.12. The summed E-state index contributed by atoms with van der Waals surface area (Å²) in [7, 11) is 0. The molecule has 0 aliphatic carbocycles. The number of anilines is 2. The molecule has 0 fully saturated rings. The molecule has 0 atom stereocenters. The maximum absolute atomic E-state index is 12.1. The van der Waals surface area contributed by atoms with E-state index in [1.54, 1.807) is 6.07 Å². The van der Waals surface area contributed by atoms with Gasteiger partial charge in [0.05, 0.1) is 0 Å². The summed E-state index contributed by atoms with van der Waals surface area (Å²) in [5.74, 6) is 0.381. The van der Waals surface area contributed by atoms with E-state index >= 15 is 0 Å². The molecular weight excluding hydrogens is 264 g/mol. The van der Waals surface area contributed by atoms with Gasteiger partial charge in [-0.2, -0.15) is 0 Å².